The van der Waals surface area contributed by atoms with Crippen LogP contribution < -0.4 is 4.74 Å². The monoisotopic (exact) mass is 351 g/mol. The molecule has 6 heteroatoms. The van der Waals surface area contributed by atoms with Crippen molar-refractivity contribution in [3.05, 3.63) is 65.2 Å². The van der Waals surface area contributed by atoms with Crippen LogP contribution in [0.4, 0.5) is 0 Å². The molecule has 0 saturated heterocycles. The van der Waals surface area contributed by atoms with E-state index in [1.165, 1.54) is 25.0 Å². The smallest absolute Gasteiger partial charge is 0.363 e. The molecule has 4 rings (SSSR count). The number of hydrogen-bond acceptors (Lipinski definition) is 5. The molecule has 1 heterocycles. The van der Waals surface area contributed by atoms with E-state index in [-0.39, 0.29) is 22.8 Å². The summed E-state index contributed by atoms with van der Waals surface area (Å²) in [7, 11) is 0. The number of benzene rings is 2. The summed E-state index contributed by atoms with van der Waals surface area (Å²) in [5, 5.41) is 0.510. The number of carbonyl (C=O) groups excluding carboxylic acids is 3. The molecule has 2 aromatic rings. The van der Waals surface area contributed by atoms with E-state index in [1.54, 1.807) is 36.4 Å². The summed E-state index contributed by atoms with van der Waals surface area (Å²) >= 11 is 0. The largest absolute Gasteiger partial charge is 0.490 e. The highest BCUT2D eigenvalue weighted by Crippen LogP contribution is 2.25. The van der Waals surface area contributed by atoms with Gasteiger partial charge in [0.25, 0.3) is 11.8 Å². The summed E-state index contributed by atoms with van der Waals surface area (Å²) in [5.74, 6) is -1.36. The summed E-state index contributed by atoms with van der Waals surface area (Å²) in [4.78, 5) is 41.8. The lowest BCUT2D eigenvalue weighted by Gasteiger charge is -2.14. The SMILES string of the molecule is O=C(ON1C(=O)c2ccccc2C1=O)c1ccc(OC2CCCC2)cc1. The zero-order chi connectivity index (χ0) is 18.1. The molecule has 0 unspecified atom stereocenters. The lowest BCUT2D eigenvalue weighted by molar-refractivity contribution is -0.0584. The molecule has 0 N–H and O–H groups in total. The zero-order valence-corrected chi connectivity index (χ0v) is 14.0. The van der Waals surface area contributed by atoms with Gasteiger partial charge in [-0.15, -0.1) is 0 Å². The predicted molar refractivity (Wildman–Crippen MR) is 91.7 cm³/mol. The molecule has 26 heavy (non-hydrogen) atoms. The van der Waals surface area contributed by atoms with Gasteiger partial charge >= 0.3 is 5.97 Å². The minimum Gasteiger partial charge on any atom is -0.490 e. The highest BCUT2D eigenvalue weighted by Gasteiger charge is 2.38. The Balaban J connectivity index is 1.44. The van der Waals surface area contributed by atoms with E-state index in [4.69, 9.17) is 9.57 Å². The van der Waals surface area contributed by atoms with E-state index < -0.39 is 17.8 Å². The van der Waals surface area contributed by atoms with Gasteiger partial charge in [-0.2, -0.15) is 0 Å². The lowest BCUT2D eigenvalue weighted by Crippen LogP contribution is -2.32. The maximum Gasteiger partial charge on any atom is 0.363 e. The maximum atomic E-state index is 12.3. The Kier molecular flexibility index (Phi) is 4.16. The quantitative estimate of drug-likeness (QED) is 0.790. The minimum atomic E-state index is -0.771. The van der Waals surface area contributed by atoms with Gasteiger partial charge in [-0.3, -0.25) is 9.59 Å². The molecule has 2 amide bonds. The van der Waals surface area contributed by atoms with Crippen molar-refractivity contribution >= 4 is 17.8 Å². The molecule has 2 aliphatic rings. The van der Waals surface area contributed by atoms with Crippen molar-refractivity contribution in [1.29, 1.82) is 0 Å². The summed E-state index contributed by atoms with van der Waals surface area (Å²) in [6.45, 7) is 0. The van der Waals surface area contributed by atoms with Crippen molar-refractivity contribution in [2.45, 2.75) is 31.8 Å². The molecule has 6 nitrogen and oxygen atoms in total. The summed E-state index contributed by atoms with van der Waals surface area (Å²) in [6.07, 6.45) is 4.67. The molecule has 0 aromatic heterocycles. The number of ether oxygens (including phenoxy) is 1. The molecule has 0 bridgehead atoms. The summed E-state index contributed by atoms with van der Waals surface area (Å²) in [6, 6.07) is 12.9. The fourth-order valence-corrected chi connectivity index (χ4v) is 3.25. The topological polar surface area (TPSA) is 72.9 Å². The molecular weight excluding hydrogens is 334 g/mol. The lowest BCUT2D eigenvalue weighted by atomic mass is 10.1. The average Bonchev–Trinajstić information content (AvgIpc) is 3.25. The first-order valence-corrected chi connectivity index (χ1v) is 8.60. The highest BCUT2D eigenvalue weighted by atomic mass is 16.7. The van der Waals surface area contributed by atoms with Gasteiger partial charge in [-0.05, 0) is 62.1 Å². The van der Waals surface area contributed by atoms with Gasteiger partial charge in [0, 0.05) is 0 Å². The van der Waals surface area contributed by atoms with Gasteiger partial charge < -0.3 is 9.57 Å². The van der Waals surface area contributed by atoms with E-state index in [1.807, 2.05) is 0 Å². The van der Waals surface area contributed by atoms with E-state index in [2.05, 4.69) is 0 Å². The second-order valence-corrected chi connectivity index (χ2v) is 6.38. The van der Waals surface area contributed by atoms with Gasteiger partial charge in [-0.25, -0.2) is 4.79 Å². The normalized spacial score (nSPS) is 16.7. The van der Waals surface area contributed by atoms with Crippen LogP contribution in [0, 0.1) is 0 Å². The van der Waals surface area contributed by atoms with Crippen molar-refractivity contribution in [1.82, 2.24) is 5.06 Å². The fraction of sp³-hybridized carbons (Fsp3) is 0.250. The fourth-order valence-electron chi connectivity index (χ4n) is 3.25. The Morgan fingerprint density at radius 2 is 1.46 bits per heavy atom. The molecule has 2 aromatic carbocycles. The minimum absolute atomic E-state index is 0.227. The van der Waals surface area contributed by atoms with E-state index in [9.17, 15) is 14.4 Å². The Morgan fingerprint density at radius 1 is 0.885 bits per heavy atom. The van der Waals surface area contributed by atoms with Gasteiger partial charge in [0.05, 0.1) is 22.8 Å². The van der Waals surface area contributed by atoms with Crippen LogP contribution in [0.2, 0.25) is 0 Å². The summed E-state index contributed by atoms with van der Waals surface area (Å²) < 4.78 is 5.85. The molecule has 132 valence electrons. The first-order chi connectivity index (χ1) is 12.6. The van der Waals surface area contributed by atoms with Crippen LogP contribution >= 0.6 is 0 Å². The van der Waals surface area contributed by atoms with Crippen molar-refractivity contribution < 1.29 is 24.0 Å². The van der Waals surface area contributed by atoms with Gasteiger partial charge in [-0.1, -0.05) is 17.2 Å². The third kappa shape index (κ3) is 2.94. The van der Waals surface area contributed by atoms with Crippen LogP contribution in [0.3, 0.4) is 0 Å². The summed E-state index contributed by atoms with van der Waals surface area (Å²) in [5.41, 5.74) is 0.691. The molecule has 1 fully saturated rings. The Morgan fingerprint density at radius 3 is 2.04 bits per heavy atom. The average molecular weight is 351 g/mol. The Bertz CT molecular complexity index is 833. The number of hydrogen-bond donors (Lipinski definition) is 0. The van der Waals surface area contributed by atoms with Crippen molar-refractivity contribution in [2.24, 2.45) is 0 Å². The van der Waals surface area contributed by atoms with Crippen LogP contribution in [-0.2, 0) is 4.84 Å². The van der Waals surface area contributed by atoms with E-state index in [0.29, 0.717) is 10.8 Å². The third-order valence-corrected chi connectivity index (χ3v) is 4.63. The van der Waals surface area contributed by atoms with Crippen LogP contribution in [0.25, 0.3) is 0 Å². The number of carbonyl (C=O) groups is 3. The molecule has 1 saturated carbocycles. The Hall–Kier alpha value is -3.15. The number of hydroxylamine groups is 2. The van der Waals surface area contributed by atoms with E-state index >= 15 is 0 Å². The van der Waals surface area contributed by atoms with Crippen LogP contribution in [-0.4, -0.2) is 29.0 Å². The first-order valence-electron chi connectivity index (χ1n) is 8.60. The standard InChI is InChI=1S/C20H17NO5/c22-18-16-7-3-4-8-17(16)19(23)21(18)26-20(24)13-9-11-15(12-10-13)25-14-5-1-2-6-14/h3-4,7-12,14H,1-2,5-6H2. The van der Waals surface area contributed by atoms with Crippen LogP contribution in [0.5, 0.6) is 5.75 Å². The third-order valence-electron chi connectivity index (χ3n) is 4.63. The molecule has 0 spiro atoms. The number of imide groups is 1. The highest BCUT2D eigenvalue weighted by molar-refractivity contribution is 6.21. The molecular formula is C20H17NO5. The van der Waals surface area contributed by atoms with Crippen molar-refractivity contribution in [2.75, 3.05) is 0 Å². The second-order valence-electron chi connectivity index (χ2n) is 6.38. The van der Waals surface area contributed by atoms with Crippen LogP contribution in [0.15, 0.2) is 48.5 Å². The molecule has 0 radical (unpaired) electrons. The number of fused-ring (bicyclic) bond motifs is 1. The predicted octanol–water partition coefficient (Wildman–Crippen LogP) is 3.38. The van der Waals surface area contributed by atoms with Crippen molar-refractivity contribution in [3.63, 3.8) is 0 Å². The number of nitrogens with zero attached hydrogens (tertiary/aromatic N) is 1. The van der Waals surface area contributed by atoms with Gasteiger partial charge in [0.15, 0.2) is 0 Å². The van der Waals surface area contributed by atoms with Crippen LogP contribution in [0.1, 0.15) is 56.8 Å². The molecule has 1 aliphatic carbocycles. The zero-order valence-electron chi connectivity index (χ0n) is 14.0. The number of amides is 2. The first kappa shape index (κ1) is 16.3. The van der Waals surface area contributed by atoms with Gasteiger partial charge in [0.2, 0.25) is 0 Å². The van der Waals surface area contributed by atoms with E-state index in [0.717, 1.165) is 12.8 Å². The number of rotatable bonds is 4. The van der Waals surface area contributed by atoms with Crippen molar-refractivity contribution in [3.8, 4) is 5.75 Å². The molecule has 1 aliphatic heterocycles. The van der Waals surface area contributed by atoms with Gasteiger partial charge in [0.1, 0.15) is 5.75 Å². The molecule has 0 atom stereocenters. The Labute approximate surface area is 150 Å². The maximum absolute atomic E-state index is 12.3. The second kappa shape index (κ2) is 6.63.